The highest BCUT2D eigenvalue weighted by molar-refractivity contribution is 6.30. The molecule has 0 bridgehead atoms. The average molecular weight is 1120 g/mol. The van der Waals surface area contributed by atoms with Crippen LogP contribution in [0.5, 0.6) is 0 Å². The lowest BCUT2D eigenvalue weighted by atomic mass is 9.82. The Balaban J connectivity index is 1.00. The summed E-state index contributed by atoms with van der Waals surface area (Å²) >= 11 is 0. The molecule has 0 N–H and O–H groups in total. The molecule has 0 radical (unpaired) electrons. The number of nitrogens with zero attached hydrogens (tertiary/aromatic N) is 2. The van der Waals surface area contributed by atoms with Crippen molar-refractivity contribution in [3.63, 3.8) is 0 Å². The minimum absolute atomic E-state index is 0.434. The smallest absolute Gasteiger partial charge is 0.159 e. The van der Waals surface area contributed by atoms with Gasteiger partial charge >= 0.3 is 0 Å². The van der Waals surface area contributed by atoms with Gasteiger partial charge in [0.25, 0.3) is 0 Å². The summed E-state index contributed by atoms with van der Waals surface area (Å²) in [7, 11) is 0. The summed E-state index contributed by atoms with van der Waals surface area (Å²) in [5, 5.41) is 12.5. The molecular formula is C82H72N2O2. The van der Waals surface area contributed by atoms with E-state index < -0.39 is 0 Å². The van der Waals surface area contributed by atoms with Crippen LogP contribution in [0.1, 0.15) is 122 Å². The molecule has 2 aliphatic carbocycles. The summed E-state index contributed by atoms with van der Waals surface area (Å²) in [6.07, 6.45) is 11.6. The van der Waals surface area contributed by atoms with Crippen LogP contribution in [0.25, 0.3) is 98.4 Å². The van der Waals surface area contributed by atoms with Crippen LogP contribution in [0.2, 0.25) is 0 Å². The molecule has 0 atom stereocenters. The molecule has 0 unspecified atom stereocenters. The fourth-order valence-electron chi connectivity index (χ4n) is 15.6. The Kier molecular flexibility index (Phi) is 12.7. The highest BCUT2D eigenvalue weighted by Gasteiger charge is 2.32. The van der Waals surface area contributed by atoms with E-state index in [-0.39, 0.29) is 0 Å². The molecule has 2 fully saturated rings. The molecule has 0 aliphatic heterocycles. The average Bonchev–Trinajstić information content (AvgIpc) is 1.65. The Hall–Kier alpha value is -9.12. The quantitative estimate of drug-likeness (QED) is 0.114. The van der Waals surface area contributed by atoms with E-state index in [4.69, 9.17) is 8.83 Å². The van der Waals surface area contributed by atoms with E-state index in [0.717, 1.165) is 90.6 Å². The summed E-state index contributed by atoms with van der Waals surface area (Å²) in [6.45, 7) is 13.5. The van der Waals surface area contributed by atoms with E-state index in [1.807, 2.05) is 0 Å². The molecule has 14 aromatic rings. The van der Waals surface area contributed by atoms with Crippen molar-refractivity contribution in [2.24, 2.45) is 0 Å². The maximum Gasteiger partial charge on any atom is 0.159 e. The van der Waals surface area contributed by atoms with Crippen LogP contribution >= 0.6 is 0 Å². The lowest BCUT2D eigenvalue weighted by Gasteiger charge is -2.32. The SMILES string of the molecule is CCc1ccccc1-c1cccc2c1oc1c(N(c3ccc(C)c(C)c3)c3cc(C4CCCC4)c4ccc5c(N(c6ccc(C)c(C)c6)c6cccc7c6oc6c(-c8ccccc8CC)cccc67)cc(C6CCCC6)c6ccc3c4c65)cccc12. The van der Waals surface area contributed by atoms with E-state index in [9.17, 15) is 0 Å². The third-order valence-corrected chi connectivity index (χ3v) is 20.4. The molecule has 0 amide bonds. The third-order valence-electron chi connectivity index (χ3n) is 20.4. The maximum absolute atomic E-state index is 7.45. The Morgan fingerprint density at radius 3 is 1.10 bits per heavy atom. The summed E-state index contributed by atoms with van der Waals surface area (Å²) in [6, 6.07) is 73.9. The first-order valence-electron chi connectivity index (χ1n) is 31.8. The van der Waals surface area contributed by atoms with Crippen LogP contribution in [0.3, 0.4) is 0 Å². The van der Waals surface area contributed by atoms with Crippen LogP contribution < -0.4 is 9.80 Å². The monoisotopic (exact) mass is 1120 g/mol. The van der Waals surface area contributed by atoms with Gasteiger partial charge in [-0.05, 0) is 204 Å². The number of hydrogen-bond acceptors (Lipinski definition) is 4. The highest BCUT2D eigenvalue weighted by Crippen LogP contribution is 2.56. The minimum atomic E-state index is 0.434. The van der Waals surface area contributed by atoms with Crippen LogP contribution in [-0.2, 0) is 12.8 Å². The fraction of sp³-hybridized carbons (Fsp3) is 0.220. The fourth-order valence-corrected chi connectivity index (χ4v) is 15.6. The normalized spacial score (nSPS) is 14.3. The zero-order chi connectivity index (χ0) is 57.9. The first-order valence-corrected chi connectivity index (χ1v) is 31.8. The summed E-state index contributed by atoms with van der Waals surface area (Å²) in [4.78, 5) is 5.13. The first kappa shape index (κ1) is 52.4. The number of fused-ring (bicyclic) bond motifs is 6. The zero-order valence-electron chi connectivity index (χ0n) is 50.4. The predicted molar refractivity (Wildman–Crippen MR) is 365 cm³/mol. The van der Waals surface area contributed by atoms with Crippen molar-refractivity contribution < 1.29 is 8.83 Å². The molecule has 4 heteroatoms. The van der Waals surface area contributed by atoms with E-state index in [1.54, 1.807) is 0 Å². The largest absolute Gasteiger partial charge is 0.453 e. The lowest BCUT2D eigenvalue weighted by molar-refractivity contribution is 0.669. The lowest BCUT2D eigenvalue weighted by Crippen LogP contribution is -2.14. The first-order chi connectivity index (χ1) is 42.2. The number of para-hydroxylation sites is 4. The molecule has 422 valence electrons. The second kappa shape index (κ2) is 20.8. The van der Waals surface area contributed by atoms with Crippen molar-refractivity contribution in [3.05, 3.63) is 239 Å². The van der Waals surface area contributed by atoms with Gasteiger partial charge in [-0.2, -0.15) is 0 Å². The summed E-state index contributed by atoms with van der Waals surface area (Å²) < 4.78 is 14.9. The molecule has 12 aromatic carbocycles. The van der Waals surface area contributed by atoms with Gasteiger partial charge in [-0.1, -0.05) is 185 Å². The van der Waals surface area contributed by atoms with Gasteiger partial charge in [-0.25, -0.2) is 0 Å². The van der Waals surface area contributed by atoms with Crippen molar-refractivity contribution in [2.45, 2.75) is 118 Å². The predicted octanol–water partition coefficient (Wildman–Crippen LogP) is 24.3. The highest BCUT2D eigenvalue weighted by atomic mass is 16.3. The maximum atomic E-state index is 7.45. The standard InChI is InChI=1S/C82H72N2O2/c1-7-53-21-13-15-27-59(53)63-29-17-31-65-67-33-19-35-73(81(67)85-79(63)65)83(57-39-37-49(3)51(5)45-57)75-47-71(55-23-9-10-24-55)61-42-44-70-76(48-72(56-25-11-12-26-56)62-41-43-69(75)77(61)78(62)70)84(58-40-38-50(4)52(6)46-58)74-36-20-34-68-66-32-18-30-64(80(66)86-82(68)74)60-28-16-14-22-54(60)8-2/h13-22,27-48,55-56H,7-12,23-26H2,1-6H3. The van der Waals surface area contributed by atoms with Crippen molar-refractivity contribution in [2.75, 3.05) is 9.80 Å². The molecule has 16 rings (SSSR count). The molecule has 0 spiro atoms. The Morgan fingerprint density at radius 2 is 0.698 bits per heavy atom. The number of rotatable bonds is 12. The van der Waals surface area contributed by atoms with Gasteiger partial charge in [0.1, 0.15) is 11.2 Å². The third kappa shape index (κ3) is 8.23. The van der Waals surface area contributed by atoms with Crippen molar-refractivity contribution >= 4 is 110 Å². The van der Waals surface area contributed by atoms with Gasteiger partial charge in [0, 0.05) is 54.8 Å². The Bertz CT molecular complexity index is 4690. The second-order valence-electron chi connectivity index (χ2n) is 25.1. The molecule has 2 aromatic heterocycles. The molecular weight excluding hydrogens is 1040 g/mol. The number of furan rings is 2. The molecule has 2 aliphatic rings. The van der Waals surface area contributed by atoms with E-state index in [0.29, 0.717) is 11.8 Å². The molecule has 0 saturated heterocycles. The minimum Gasteiger partial charge on any atom is -0.453 e. The number of aryl methyl sites for hydroxylation is 6. The second-order valence-corrected chi connectivity index (χ2v) is 25.1. The number of hydrogen-bond donors (Lipinski definition) is 0. The van der Waals surface area contributed by atoms with Crippen LogP contribution in [0, 0.1) is 27.7 Å². The van der Waals surface area contributed by atoms with Gasteiger partial charge in [0.15, 0.2) is 11.2 Å². The molecule has 4 nitrogen and oxygen atoms in total. The van der Waals surface area contributed by atoms with Crippen molar-refractivity contribution in [3.8, 4) is 22.3 Å². The van der Waals surface area contributed by atoms with Gasteiger partial charge in [-0.3, -0.25) is 0 Å². The molecule has 86 heavy (non-hydrogen) atoms. The molecule has 2 heterocycles. The van der Waals surface area contributed by atoms with E-state index in [2.05, 4.69) is 245 Å². The van der Waals surface area contributed by atoms with Gasteiger partial charge in [0.05, 0.1) is 22.7 Å². The van der Waals surface area contributed by atoms with Crippen molar-refractivity contribution in [1.82, 2.24) is 0 Å². The zero-order valence-corrected chi connectivity index (χ0v) is 50.4. The molecule has 2 saturated carbocycles. The summed E-state index contributed by atoms with van der Waals surface area (Å²) in [5.74, 6) is 0.868. The number of benzene rings is 12. The van der Waals surface area contributed by atoms with E-state index >= 15 is 0 Å². The Labute approximate surface area is 504 Å². The van der Waals surface area contributed by atoms with Crippen LogP contribution in [0.4, 0.5) is 34.1 Å². The van der Waals surface area contributed by atoms with Gasteiger partial charge < -0.3 is 18.6 Å². The van der Waals surface area contributed by atoms with Gasteiger partial charge in [-0.15, -0.1) is 0 Å². The topological polar surface area (TPSA) is 32.8 Å². The summed E-state index contributed by atoms with van der Waals surface area (Å²) in [5.41, 5.74) is 25.7. The van der Waals surface area contributed by atoms with E-state index in [1.165, 1.54) is 151 Å². The van der Waals surface area contributed by atoms with Crippen LogP contribution in [0.15, 0.2) is 203 Å². The Morgan fingerprint density at radius 1 is 0.326 bits per heavy atom. The van der Waals surface area contributed by atoms with Crippen molar-refractivity contribution in [1.29, 1.82) is 0 Å². The van der Waals surface area contributed by atoms with Gasteiger partial charge in [0.2, 0.25) is 0 Å². The van der Waals surface area contributed by atoms with Crippen LogP contribution in [-0.4, -0.2) is 0 Å². The number of anilines is 6.